The number of carbonyl (C=O) groups is 1. The average Bonchev–Trinajstić information content (AvgIpc) is 2.84. The van der Waals surface area contributed by atoms with Gasteiger partial charge in [-0.05, 0) is 48.2 Å². The Hall–Kier alpha value is -3.42. The summed E-state index contributed by atoms with van der Waals surface area (Å²) in [4.78, 5) is 16.7. The number of nitrogens with two attached hydrogens (primary N) is 2. The molecule has 0 aliphatic carbocycles. The lowest BCUT2D eigenvalue weighted by molar-refractivity contribution is 0.151. The summed E-state index contributed by atoms with van der Waals surface area (Å²) in [5.74, 6) is 1.24. The number of guanidine groups is 1. The van der Waals surface area contributed by atoms with Gasteiger partial charge in [0.1, 0.15) is 18.1 Å². The Bertz CT molecular complexity index is 1010. The van der Waals surface area contributed by atoms with Crippen molar-refractivity contribution >= 4 is 37.9 Å². The van der Waals surface area contributed by atoms with Crippen LogP contribution in [0.5, 0.6) is 11.5 Å². The van der Waals surface area contributed by atoms with E-state index in [-0.39, 0.29) is 5.96 Å². The number of rotatable bonds is 11. The van der Waals surface area contributed by atoms with Crippen LogP contribution >= 0.6 is 20.1 Å². The second-order valence-electron chi connectivity index (χ2n) is 6.90. The summed E-state index contributed by atoms with van der Waals surface area (Å²) >= 11 is 1.59. The van der Waals surface area contributed by atoms with E-state index in [1.807, 2.05) is 79.1 Å². The van der Waals surface area contributed by atoms with Crippen molar-refractivity contribution in [2.45, 2.75) is 5.78 Å². The summed E-state index contributed by atoms with van der Waals surface area (Å²) in [6.07, 6.45) is 1.39. The van der Waals surface area contributed by atoms with Gasteiger partial charge in [-0.3, -0.25) is 0 Å². The molecule has 1 unspecified atom stereocenters. The number of nitrogens with zero attached hydrogens (tertiary/aromatic N) is 1. The van der Waals surface area contributed by atoms with E-state index in [9.17, 15) is 4.79 Å². The second-order valence-corrected chi connectivity index (χ2v) is 9.34. The zero-order valence-corrected chi connectivity index (χ0v) is 20.4. The smallest absolute Gasteiger partial charge is 0.408 e. The number of hydrogen-bond donors (Lipinski definition) is 3. The number of hydrogen-bond acceptors (Lipinski definition) is 6. The van der Waals surface area contributed by atoms with Crippen molar-refractivity contribution in [2.75, 3.05) is 18.6 Å². The molecule has 0 spiro atoms. The van der Waals surface area contributed by atoms with Gasteiger partial charge in [0.05, 0.1) is 5.69 Å². The predicted octanol–water partition coefficient (Wildman–Crippen LogP) is 5.15. The second kappa shape index (κ2) is 13.3. The Morgan fingerprint density at radius 2 is 1.50 bits per heavy atom. The maximum absolute atomic E-state index is 12.6. The lowest BCUT2D eigenvalue weighted by atomic mass is 10.2. The number of amides is 1. The van der Waals surface area contributed by atoms with Gasteiger partial charge in [-0.1, -0.05) is 48.5 Å². The highest BCUT2D eigenvalue weighted by atomic mass is 32.2. The Morgan fingerprint density at radius 1 is 0.941 bits per heavy atom. The first-order valence-corrected chi connectivity index (χ1v) is 13.1. The summed E-state index contributed by atoms with van der Waals surface area (Å²) in [5.41, 5.74) is 12.3. The molecule has 0 radical (unpaired) electrons. The van der Waals surface area contributed by atoms with Crippen LogP contribution in [-0.4, -0.2) is 30.7 Å². The summed E-state index contributed by atoms with van der Waals surface area (Å²) in [5, 5.41) is 2.92. The number of aliphatic imine (C=N–C) groups is 1. The van der Waals surface area contributed by atoms with Crippen LogP contribution in [0.15, 0.2) is 89.9 Å². The van der Waals surface area contributed by atoms with E-state index < -0.39 is 20.3 Å². The van der Waals surface area contributed by atoms with Crippen molar-refractivity contribution in [3.8, 4) is 11.5 Å². The molecule has 1 amide bonds. The van der Waals surface area contributed by atoms with Crippen molar-refractivity contribution in [3.05, 3.63) is 90.5 Å². The van der Waals surface area contributed by atoms with E-state index in [0.717, 1.165) is 5.56 Å². The number of nitrogens with one attached hydrogen (secondary N) is 1. The molecular weight excluding hydrogens is 471 g/mol. The van der Waals surface area contributed by atoms with Crippen LogP contribution in [0, 0.1) is 0 Å². The molecule has 0 saturated carbocycles. The number of thioether (sulfide) groups is 1. The Kier molecular flexibility index (Phi) is 9.88. The van der Waals surface area contributed by atoms with E-state index >= 15 is 0 Å². The van der Waals surface area contributed by atoms with Crippen molar-refractivity contribution in [1.29, 1.82) is 0 Å². The summed E-state index contributed by atoms with van der Waals surface area (Å²) in [6, 6.07) is 25.7. The van der Waals surface area contributed by atoms with Gasteiger partial charge in [0.25, 0.3) is 0 Å². The minimum Gasteiger partial charge on any atom is -0.449 e. The molecule has 0 fully saturated rings. The summed E-state index contributed by atoms with van der Waals surface area (Å²) < 4.78 is 17.8. The van der Waals surface area contributed by atoms with Gasteiger partial charge >= 0.3 is 14.5 Å². The normalized spacial score (nSPS) is 11.4. The van der Waals surface area contributed by atoms with Crippen molar-refractivity contribution < 1.29 is 18.6 Å². The SMILES string of the molecule is CSCCOC(=O)NC(c1ccc(N=C(N)N)cc1)P(Oc1ccccc1)Oc1ccccc1. The highest BCUT2D eigenvalue weighted by molar-refractivity contribution is 7.98. The largest absolute Gasteiger partial charge is 0.449 e. The van der Waals surface area contributed by atoms with Crippen molar-refractivity contribution in [1.82, 2.24) is 5.32 Å². The zero-order chi connectivity index (χ0) is 24.2. The molecule has 1 atom stereocenters. The van der Waals surface area contributed by atoms with E-state index in [4.69, 9.17) is 25.3 Å². The molecule has 3 rings (SSSR count). The molecule has 0 aromatic heterocycles. The fourth-order valence-electron chi connectivity index (χ4n) is 2.80. The van der Waals surface area contributed by atoms with E-state index in [1.165, 1.54) is 0 Å². The van der Waals surface area contributed by atoms with Crippen molar-refractivity contribution in [3.63, 3.8) is 0 Å². The number of carbonyl (C=O) groups excluding carboxylic acids is 1. The van der Waals surface area contributed by atoms with Crippen molar-refractivity contribution in [2.24, 2.45) is 16.5 Å². The maximum Gasteiger partial charge on any atom is 0.408 e. The Labute approximate surface area is 204 Å². The van der Waals surface area contributed by atoms with Crippen LogP contribution in [-0.2, 0) is 4.74 Å². The predicted molar refractivity (Wildman–Crippen MR) is 139 cm³/mol. The molecule has 0 heterocycles. The molecule has 0 bridgehead atoms. The van der Waals surface area contributed by atoms with E-state index in [0.29, 0.717) is 29.5 Å². The fourth-order valence-corrected chi connectivity index (χ4v) is 4.59. The third-order valence-electron chi connectivity index (χ3n) is 4.33. The van der Waals surface area contributed by atoms with Gasteiger partial charge in [-0.2, -0.15) is 11.8 Å². The Morgan fingerprint density at radius 3 is 2.00 bits per heavy atom. The molecule has 8 nitrogen and oxygen atoms in total. The van der Waals surface area contributed by atoms with Gasteiger partial charge in [0.15, 0.2) is 11.7 Å². The van der Waals surface area contributed by atoms with Gasteiger partial charge in [-0.15, -0.1) is 0 Å². The molecule has 178 valence electrons. The molecular formula is C24H27N4O4PS. The Balaban J connectivity index is 1.93. The van der Waals surface area contributed by atoms with Gasteiger partial charge < -0.3 is 30.6 Å². The first-order chi connectivity index (χ1) is 16.5. The third kappa shape index (κ3) is 8.17. The lowest BCUT2D eigenvalue weighted by Gasteiger charge is -2.27. The quantitative estimate of drug-likeness (QED) is 0.145. The molecule has 0 aliphatic heterocycles. The average molecular weight is 499 g/mol. The first kappa shape index (κ1) is 25.2. The third-order valence-corrected chi connectivity index (χ3v) is 6.54. The molecule has 3 aromatic rings. The molecule has 0 aliphatic rings. The molecule has 3 aromatic carbocycles. The number of ether oxygens (including phenoxy) is 1. The van der Waals surface area contributed by atoms with E-state index in [2.05, 4.69) is 10.3 Å². The van der Waals surface area contributed by atoms with Gasteiger partial charge in [0, 0.05) is 5.75 Å². The lowest BCUT2D eigenvalue weighted by Crippen LogP contribution is -2.30. The maximum atomic E-state index is 12.6. The van der Waals surface area contributed by atoms with Crippen LogP contribution < -0.4 is 25.8 Å². The zero-order valence-electron chi connectivity index (χ0n) is 18.7. The minimum atomic E-state index is -1.73. The van der Waals surface area contributed by atoms with Crippen LogP contribution in [0.2, 0.25) is 0 Å². The molecule has 5 N–H and O–H groups in total. The highest BCUT2D eigenvalue weighted by Gasteiger charge is 2.32. The standard InChI is InChI=1S/C24H27N4O4PS/c1-34-17-16-30-24(29)28-22(18-12-14-19(15-13-18)27-23(25)26)33(31-20-8-4-2-5-9-20)32-21-10-6-3-7-11-21/h2-15,22H,16-17H2,1H3,(H,28,29)(H4,25,26,27). The topological polar surface area (TPSA) is 121 Å². The summed E-state index contributed by atoms with van der Waals surface area (Å²) in [6.45, 7) is 0.292. The highest BCUT2D eigenvalue weighted by Crippen LogP contribution is 2.51. The molecule has 0 saturated heterocycles. The first-order valence-electron chi connectivity index (χ1n) is 10.4. The number of para-hydroxylation sites is 2. The van der Waals surface area contributed by atoms with Crippen LogP contribution in [0.4, 0.5) is 10.5 Å². The van der Waals surface area contributed by atoms with Crippen LogP contribution in [0.25, 0.3) is 0 Å². The molecule has 10 heteroatoms. The number of benzene rings is 3. The number of alkyl carbamates (subject to hydrolysis) is 1. The molecule has 34 heavy (non-hydrogen) atoms. The fraction of sp³-hybridized carbons (Fsp3) is 0.167. The van der Waals surface area contributed by atoms with Crippen LogP contribution in [0.3, 0.4) is 0 Å². The van der Waals surface area contributed by atoms with Gasteiger partial charge in [0.2, 0.25) is 0 Å². The van der Waals surface area contributed by atoms with E-state index in [1.54, 1.807) is 23.9 Å². The van der Waals surface area contributed by atoms with Crippen LogP contribution in [0.1, 0.15) is 11.3 Å². The summed E-state index contributed by atoms with van der Waals surface area (Å²) in [7, 11) is -1.73. The monoisotopic (exact) mass is 498 g/mol. The van der Waals surface area contributed by atoms with Gasteiger partial charge in [-0.25, -0.2) is 9.79 Å². The minimum absolute atomic E-state index is 0.0399.